The molecule has 2 aliphatic rings. The van der Waals surface area contributed by atoms with Crippen LogP contribution in [0, 0.1) is 10.1 Å². The first-order valence-corrected chi connectivity index (χ1v) is 11.2. The zero-order valence-corrected chi connectivity index (χ0v) is 19.0. The number of imidazole rings is 1. The highest BCUT2D eigenvalue weighted by atomic mass is 19.4. The molecule has 0 saturated carbocycles. The minimum absolute atomic E-state index is 0.210. The van der Waals surface area contributed by atoms with Crippen LogP contribution in [0.4, 0.5) is 30.6 Å². The summed E-state index contributed by atoms with van der Waals surface area (Å²) in [5, 5.41) is 10.9. The number of anilines is 2. The third kappa shape index (κ3) is 5.17. The molecule has 0 amide bonds. The van der Waals surface area contributed by atoms with Crippen LogP contribution in [0.25, 0.3) is 0 Å². The summed E-state index contributed by atoms with van der Waals surface area (Å²) >= 11 is 0. The van der Waals surface area contributed by atoms with Gasteiger partial charge >= 0.3 is 18.0 Å². The molecule has 1 atom stereocenters. The van der Waals surface area contributed by atoms with E-state index < -0.39 is 16.7 Å². The summed E-state index contributed by atoms with van der Waals surface area (Å²) in [5.41, 5.74) is 0.110. The second-order valence-corrected chi connectivity index (χ2v) is 8.44. The third-order valence-corrected chi connectivity index (χ3v) is 6.01. The first-order valence-electron chi connectivity index (χ1n) is 11.2. The molecule has 0 spiro atoms. The summed E-state index contributed by atoms with van der Waals surface area (Å²) in [6.45, 7) is 3.49. The Morgan fingerprint density at radius 2 is 1.72 bits per heavy atom. The van der Waals surface area contributed by atoms with Gasteiger partial charge in [0.15, 0.2) is 0 Å². The number of ether oxygens (including phenoxy) is 2. The number of aromatic nitrogens is 4. The van der Waals surface area contributed by atoms with Crippen LogP contribution in [0.5, 0.6) is 6.01 Å². The van der Waals surface area contributed by atoms with Crippen LogP contribution in [0.15, 0.2) is 42.9 Å². The summed E-state index contributed by atoms with van der Waals surface area (Å²) in [6.07, 6.45) is -0.755. The standard InChI is InChI=1S/C22H22F3N7O4/c23-22(24,25)16-2-4-19(27-10-16)30-7-5-29(6-8-30)18-3-1-15(9-26-18)13-35-17-11-31-12-20(32(33)34)28-21(31)36-14-17/h1-4,9-10,12,17H,5-8,11,13-14H2/t17-/m0/s1. The second kappa shape index (κ2) is 9.60. The van der Waals surface area contributed by atoms with Gasteiger partial charge in [0.2, 0.25) is 0 Å². The molecule has 0 aromatic carbocycles. The molecule has 5 rings (SSSR count). The Morgan fingerprint density at radius 3 is 2.28 bits per heavy atom. The fourth-order valence-electron chi connectivity index (χ4n) is 4.07. The average molecular weight is 505 g/mol. The van der Waals surface area contributed by atoms with Gasteiger partial charge in [0.1, 0.15) is 30.5 Å². The van der Waals surface area contributed by atoms with Gasteiger partial charge in [-0.25, -0.2) is 9.97 Å². The van der Waals surface area contributed by atoms with Crippen LogP contribution < -0.4 is 14.5 Å². The quantitative estimate of drug-likeness (QED) is 0.369. The molecular formula is C22H22F3N7O4. The monoisotopic (exact) mass is 505 g/mol. The van der Waals surface area contributed by atoms with E-state index in [-0.39, 0.29) is 24.5 Å². The lowest BCUT2D eigenvalue weighted by Crippen LogP contribution is -2.47. The predicted molar refractivity (Wildman–Crippen MR) is 121 cm³/mol. The number of fused-ring (bicyclic) bond motifs is 1. The molecule has 1 saturated heterocycles. The van der Waals surface area contributed by atoms with Crippen molar-refractivity contribution in [2.24, 2.45) is 0 Å². The number of hydrogen-bond acceptors (Lipinski definition) is 9. The van der Waals surface area contributed by atoms with Gasteiger partial charge in [0.25, 0.3) is 0 Å². The van der Waals surface area contributed by atoms with Gasteiger partial charge in [-0.3, -0.25) is 4.57 Å². The molecule has 0 radical (unpaired) electrons. The largest absolute Gasteiger partial charge is 0.443 e. The first kappa shape index (κ1) is 23.8. The summed E-state index contributed by atoms with van der Waals surface area (Å²) in [6, 6.07) is 6.48. The Hall–Kier alpha value is -3.94. The van der Waals surface area contributed by atoms with E-state index in [0.717, 1.165) is 23.6 Å². The molecule has 0 N–H and O–H groups in total. The molecule has 3 aromatic rings. The van der Waals surface area contributed by atoms with Crippen molar-refractivity contribution in [3.63, 3.8) is 0 Å². The number of alkyl halides is 3. The maximum absolute atomic E-state index is 12.7. The summed E-state index contributed by atoms with van der Waals surface area (Å²) < 4.78 is 51.2. The maximum Gasteiger partial charge on any atom is 0.417 e. The molecular weight excluding hydrogens is 483 g/mol. The lowest BCUT2D eigenvalue weighted by atomic mass is 10.2. The van der Waals surface area contributed by atoms with Crippen LogP contribution in [-0.2, 0) is 24.1 Å². The number of piperazine rings is 1. The van der Waals surface area contributed by atoms with E-state index in [1.165, 1.54) is 12.3 Å². The van der Waals surface area contributed by atoms with Crippen molar-refractivity contribution in [3.8, 4) is 6.01 Å². The van der Waals surface area contributed by atoms with Gasteiger partial charge in [0, 0.05) is 43.6 Å². The SMILES string of the molecule is O=[N+]([O-])c1cn2c(n1)OC[C@@H](OCc1ccc(N3CCN(c4ccc(C(F)(F)F)cn4)CC3)nc1)C2. The number of nitro groups is 1. The lowest BCUT2D eigenvalue weighted by molar-refractivity contribution is -0.389. The van der Waals surface area contributed by atoms with Crippen LogP contribution >= 0.6 is 0 Å². The van der Waals surface area contributed by atoms with Gasteiger partial charge in [-0.15, -0.1) is 0 Å². The third-order valence-electron chi connectivity index (χ3n) is 6.01. The molecule has 1 fully saturated rings. The lowest BCUT2D eigenvalue weighted by Gasteiger charge is -2.36. The Balaban J connectivity index is 1.10. The van der Waals surface area contributed by atoms with E-state index in [0.29, 0.717) is 45.1 Å². The van der Waals surface area contributed by atoms with Crippen molar-refractivity contribution in [3.05, 3.63) is 64.1 Å². The molecule has 2 aliphatic heterocycles. The summed E-state index contributed by atoms with van der Waals surface area (Å²) in [4.78, 5) is 26.7. The van der Waals surface area contributed by atoms with Crippen LogP contribution in [-0.4, -0.2) is 63.3 Å². The molecule has 5 heterocycles. The summed E-state index contributed by atoms with van der Waals surface area (Å²) in [5.74, 6) is 1.06. The normalized spacial score (nSPS) is 18.0. The van der Waals surface area contributed by atoms with Gasteiger partial charge in [-0.1, -0.05) is 6.07 Å². The maximum atomic E-state index is 12.7. The van der Waals surface area contributed by atoms with E-state index in [4.69, 9.17) is 9.47 Å². The molecule has 3 aromatic heterocycles. The molecule has 190 valence electrons. The second-order valence-electron chi connectivity index (χ2n) is 8.44. The number of rotatable bonds is 6. The fraction of sp³-hybridized carbons (Fsp3) is 0.409. The number of hydrogen-bond donors (Lipinski definition) is 0. The van der Waals surface area contributed by atoms with Crippen molar-refractivity contribution in [2.45, 2.75) is 25.4 Å². The van der Waals surface area contributed by atoms with Crippen LogP contribution in [0.1, 0.15) is 11.1 Å². The van der Waals surface area contributed by atoms with E-state index in [1.807, 2.05) is 17.0 Å². The van der Waals surface area contributed by atoms with Crippen molar-refractivity contribution in [1.29, 1.82) is 0 Å². The topological polar surface area (TPSA) is 112 Å². The first-order chi connectivity index (χ1) is 17.3. The zero-order valence-electron chi connectivity index (χ0n) is 19.0. The molecule has 0 unspecified atom stereocenters. The Kier molecular flexibility index (Phi) is 6.35. The molecule has 0 aliphatic carbocycles. The van der Waals surface area contributed by atoms with Gasteiger partial charge in [-0.2, -0.15) is 13.2 Å². The van der Waals surface area contributed by atoms with Crippen molar-refractivity contribution >= 4 is 17.5 Å². The smallest absolute Gasteiger partial charge is 0.417 e. The summed E-state index contributed by atoms with van der Waals surface area (Å²) in [7, 11) is 0. The minimum Gasteiger partial charge on any atom is -0.443 e. The zero-order chi connectivity index (χ0) is 25.3. The van der Waals surface area contributed by atoms with Crippen molar-refractivity contribution in [1.82, 2.24) is 19.5 Å². The van der Waals surface area contributed by atoms with E-state index in [1.54, 1.807) is 10.8 Å². The van der Waals surface area contributed by atoms with E-state index in [2.05, 4.69) is 19.9 Å². The molecule has 14 heteroatoms. The Labute approximate surface area is 203 Å². The number of halogens is 3. The predicted octanol–water partition coefficient (Wildman–Crippen LogP) is 2.90. The number of pyridine rings is 2. The van der Waals surface area contributed by atoms with Gasteiger partial charge in [0.05, 0.1) is 18.7 Å². The Bertz CT molecular complexity index is 1210. The van der Waals surface area contributed by atoms with Crippen LogP contribution in [0.3, 0.4) is 0 Å². The van der Waals surface area contributed by atoms with Gasteiger partial charge < -0.3 is 29.4 Å². The van der Waals surface area contributed by atoms with Crippen molar-refractivity contribution in [2.75, 3.05) is 42.6 Å². The highest BCUT2D eigenvalue weighted by molar-refractivity contribution is 5.45. The molecule has 11 nitrogen and oxygen atoms in total. The van der Waals surface area contributed by atoms with Gasteiger partial charge in [-0.05, 0) is 28.7 Å². The van der Waals surface area contributed by atoms with Crippen LogP contribution in [0.2, 0.25) is 0 Å². The number of nitrogens with zero attached hydrogens (tertiary/aromatic N) is 7. The van der Waals surface area contributed by atoms with Crippen molar-refractivity contribution < 1.29 is 27.6 Å². The highest BCUT2D eigenvalue weighted by Crippen LogP contribution is 2.29. The minimum atomic E-state index is -4.40. The molecule has 36 heavy (non-hydrogen) atoms. The van der Waals surface area contributed by atoms with E-state index in [9.17, 15) is 23.3 Å². The molecule has 0 bridgehead atoms. The average Bonchev–Trinajstić information content (AvgIpc) is 3.32. The highest BCUT2D eigenvalue weighted by Gasteiger charge is 2.31. The Morgan fingerprint density at radius 1 is 1.06 bits per heavy atom. The van der Waals surface area contributed by atoms with E-state index >= 15 is 0 Å². The fourth-order valence-corrected chi connectivity index (χ4v) is 4.07.